The standard InChI is InChI=1S/C8H6O/c1-2-6-7-4-9-8(6)3-5(1)7/h1-3,7H,4H2. The first-order valence-corrected chi connectivity index (χ1v) is 3.22. The second-order valence-electron chi connectivity index (χ2n) is 2.66. The molecule has 9 heavy (non-hydrogen) atoms. The molecule has 0 aromatic rings. The van der Waals surface area contributed by atoms with Crippen molar-refractivity contribution in [3.05, 3.63) is 35.1 Å². The van der Waals surface area contributed by atoms with Gasteiger partial charge in [0.1, 0.15) is 5.76 Å². The second kappa shape index (κ2) is 0.991. The van der Waals surface area contributed by atoms with E-state index in [0.29, 0.717) is 5.92 Å². The zero-order chi connectivity index (χ0) is 5.84. The number of allylic oxidation sites excluding steroid dienone is 3. The minimum Gasteiger partial charge on any atom is -0.492 e. The molecule has 0 radical (unpaired) electrons. The summed E-state index contributed by atoms with van der Waals surface area (Å²) >= 11 is 0. The zero-order valence-corrected chi connectivity index (χ0v) is 4.92. The van der Waals surface area contributed by atoms with Crippen molar-refractivity contribution in [2.24, 2.45) is 5.92 Å². The van der Waals surface area contributed by atoms with Gasteiger partial charge in [-0.3, -0.25) is 0 Å². The Kier molecular flexibility index (Phi) is 0.434. The van der Waals surface area contributed by atoms with E-state index in [4.69, 9.17) is 4.74 Å². The van der Waals surface area contributed by atoms with Gasteiger partial charge in [-0.15, -0.1) is 0 Å². The Morgan fingerprint density at radius 2 is 2.44 bits per heavy atom. The second-order valence-corrected chi connectivity index (χ2v) is 2.66. The topological polar surface area (TPSA) is 9.23 Å². The predicted molar refractivity (Wildman–Crippen MR) is 33.7 cm³/mol. The highest BCUT2D eigenvalue weighted by atomic mass is 16.5. The lowest BCUT2D eigenvalue weighted by Crippen LogP contribution is -2.02. The summed E-state index contributed by atoms with van der Waals surface area (Å²) < 4.78 is 5.34. The van der Waals surface area contributed by atoms with Gasteiger partial charge >= 0.3 is 0 Å². The molecule has 1 unspecified atom stereocenters. The van der Waals surface area contributed by atoms with Crippen LogP contribution in [0, 0.1) is 5.92 Å². The Labute approximate surface area is 53.3 Å². The van der Waals surface area contributed by atoms with Crippen LogP contribution >= 0.6 is 0 Å². The summed E-state index contributed by atoms with van der Waals surface area (Å²) in [6.45, 7) is 0.892. The molecule has 1 aliphatic heterocycles. The monoisotopic (exact) mass is 118 g/mol. The first-order chi connectivity index (χ1) is 4.45. The van der Waals surface area contributed by atoms with E-state index >= 15 is 0 Å². The van der Waals surface area contributed by atoms with Gasteiger partial charge in [-0.25, -0.2) is 0 Å². The lowest BCUT2D eigenvalue weighted by Gasteiger charge is -2.08. The van der Waals surface area contributed by atoms with Crippen LogP contribution in [0.4, 0.5) is 0 Å². The maximum atomic E-state index is 5.34. The molecule has 0 saturated heterocycles. The summed E-state index contributed by atoms with van der Waals surface area (Å²) in [5.41, 5.74) is 2.86. The van der Waals surface area contributed by atoms with Gasteiger partial charge < -0.3 is 4.74 Å². The number of rotatable bonds is 0. The SMILES string of the molecule is C1=CC2=C3C=C1C2CO3. The van der Waals surface area contributed by atoms with E-state index in [2.05, 4.69) is 18.2 Å². The normalized spacial score (nSPS) is 33.8. The molecule has 0 aromatic carbocycles. The molecule has 1 heteroatoms. The highest BCUT2D eigenvalue weighted by Crippen LogP contribution is 2.44. The van der Waals surface area contributed by atoms with E-state index < -0.39 is 0 Å². The molecule has 4 bridgehead atoms. The van der Waals surface area contributed by atoms with Crippen LogP contribution in [0.15, 0.2) is 35.1 Å². The van der Waals surface area contributed by atoms with Crippen LogP contribution in [0.3, 0.4) is 0 Å². The highest BCUT2D eigenvalue weighted by molar-refractivity contribution is 5.57. The predicted octanol–water partition coefficient (Wildman–Crippen LogP) is 1.40. The largest absolute Gasteiger partial charge is 0.492 e. The molecule has 0 aromatic heterocycles. The fraction of sp³-hybridized carbons (Fsp3) is 0.250. The quantitative estimate of drug-likeness (QED) is 0.467. The zero-order valence-electron chi connectivity index (χ0n) is 4.92. The van der Waals surface area contributed by atoms with Gasteiger partial charge in [0.2, 0.25) is 0 Å². The molecule has 0 N–H and O–H groups in total. The molecular formula is C8H6O. The van der Waals surface area contributed by atoms with Crippen molar-refractivity contribution in [2.45, 2.75) is 0 Å². The van der Waals surface area contributed by atoms with E-state index in [-0.39, 0.29) is 0 Å². The lowest BCUT2D eigenvalue weighted by atomic mass is 10.1. The van der Waals surface area contributed by atoms with Crippen LogP contribution in [-0.2, 0) is 4.74 Å². The van der Waals surface area contributed by atoms with Crippen molar-refractivity contribution in [1.29, 1.82) is 0 Å². The maximum Gasteiger partial charge on any atom is 0.123 e. The molecular weight excluding hydrogens is 112 g/mol. The van der Waals surface area contributed by atoms with Gasteiger partial charge in [0.15, 0.2) is 0 Å². The van der Waals surface area contributed by atoms with Crippen molar-refractivity contribution >= 4 is 0 Å². The van der Waals surface area contributed by atoms with Crippen molar-refractivity contribution in [1.82, 2.24) is 0 Å². The Hall–Kier alpha value is -0.980. The van der Waals surface area contributed by atoms with Gasteiger partial charge in [-0.2, -0.15) is 0 Å². The maximum absolute atomic E-state index is 5.34. The van der Waals surface area contributed by atoms with Gasteiger partial charge in [0.25, 0.3) is 0 Å². The minimum atomic E-state index is 0.625. The molecule has 3 aliphatic rings. The number of ether oxygens (including phenoxy) is 1. The minimum absolute atomic E-state index is 0.625. The van der Waals surface area contributed by atoms with E-state index in [1.54, 1.807) is 0 Å². The molecule has 2 aliphatic carbocycles. The first kappa shape index (κ1) is 3.94. The Balaban J connectivity index is 2.38. The van der Waals surface area contributed by atoms with Crippen LogP contribution in [0.1, 0.15) is 0 Å². The number of hydrogen-bond acceptors (Lipinski definition) is 1. The van der Waals surface area contributed by atoms with Crippen molar-refractivity contribution < 1.29 is 4.74 Å². The highest BCUT2D eigenvalue weighted by Gasteiger charge is 2.35. The molecule has 0 fully saturated rings. The third-order valence-corrected chi connectivity index (χ3v) is 2.22. The van der Waals surface area contributed by atoms with Crippen LogP contribution in [-0.4, -0.2) is 6.61 Å². The van der Waals surface area contributed by atoms with Crippen molar-refractivity contribution in [3.63, 3.8) is 0 Å². The molecule has 1 nitrogen and oxygen atoms in total. The lowest BCUT2D eigenvalue weighted by molar-refractivity contribution is 0.229. The molecule has 0 amide bonds. The third kappa shape index (κ3) is 0.283. The molecule has 1 heterocycles. The summed E-state index contributed by atoms with van der Waals surface area (Å²) in [5, 5.41) is 0. The fourth-order valence-electron chi connectivity index (χ4n) is 1.72. The summed E-state index contributed by atoms with van der Waals surface area (Å²) in [7, 11) is 0. The fourth-order valence-corrected chi connectivity index (χ4v) is 1.72. The van der Waals surface area contributed by atoms with E-state index in [1.807, 2.05) is 0 Å². The third-order valence-electron chi connectivity index (χ3n) is 2.22. The van der Waals surface area contributed by atoms with Crippen molar-refractivity contribution in [3.8, 4) is 0 Å². The van der Waals surface area contributed by atoms with Gasteiger partial charge in [-0.05, 0) is 11.6 Å². The molecule has 1 atom stereocenters. The summed E-state index contributed by atoms with van der Waals surface area (Å²) in [6.07, 6.45) is 6.50. The van der Waals surface area contributed by atoms with Gasteiger partial charge in [0.05, 0.1) is 6.61 Å². The Morgan fingerprint density at radius 1 is 1.44 bits per heavy atom. The summed E-state index contributed by atoms with van der Waals surface area (Å²) in [5.74, 6) is 1.75. The number of hydrogen-bond donors (Lipinski definition) is 0. The van der Waals surface area contributed by atoms with E-state index in [9.17, 15) is 0 Å². The van der Waals surface area contributed by atoms with E-state index in [1.165, 1.54) is 11.1 Å². The Morgan fingerprint density at radius 3 is 3.00 bits per heavy atom. The molecule has 0 spiro atoms. The smallest absolute Gasteiger partial charge is 0.123 e. The summed E-state index contributed by atoms with van der Waals surface area (Å²) in [4.78, 5) is 0. The first-order valence-electron chi connectivity index (χ1n) is 3.22. The van der Waals surface area contributed by atoms with Crippen molar-refractivity contribution in [2.75, 3.05) is 6.61 Å². The molecule has 3 rings (SSSR count). The van der Waals surface area contributed by atoms with Crippen LogP contribution < -0.4 is 0 Å². The van der Waals surface area contributed by atoms with E-state index in [0.717, 1.165) is 12.4 Å². The average molecular weight is 118 g/mol. The average Bonchev–Trinajstić information content (AvgIpc) is 2.50. The van der Waals surface area contributed by atoms with Crippen LogP contribution in [0.2, 0.25) is 0 Å². The molecule has 0 saturated carbocycles. The van der Waals surface area contributed by atoms with Gasteiger partial charge in [-0.1, -0.05) is 12.2 Å². The molecule has 44 valence electrons. The summed E-state index contributed by atoms with van der Waals surface area (Å²) in [6, 6.07) is 0. The van der Waals surface area contributed by atoms with Crippen LogP contribution in [0.5, 0.6) is 0 Å². The van der Waals surface area contributed by atoms with Crippen LogP contribution in [0.25, 0.3) is 0 Å². The van der Waals surface area contributed by atoms with Gasteiger partial charge in [0, 0.05) is 11.5 Å². The Bertz CT molecular complexity index is 268.